The molecule has 0 unspecified atom stereocenters. The van der Waals surface area contributed by atoms with E-state index in [2.05, 4.69) is 6.92 Å². The van der Waals surface area contributed by atoms with Gasteiger partial charge in [-0.1, -0.05) is 6.07 Å². The summed E-state index contributed by atoms with van der Waals surface area (Å²) in [5.74, 6) is 0. The number of nitriles is 1. The molecular weight excluding hydrogens is 383 g/mol. The van der Waals surface area contributed by atoms with Crippen molar-refractivity contribution in [2.24, 2.45) is 0 Å². The second kappa shape index (κ2) is 8.23. The number of halogens is 3. The summed E-state index contributed by atoms with van der Waals surface area (Å²) in [4.78, 5) is 16.0. The summed E-state index contributed by atoms with van der Waals surface area (Å²) in [6.07, 6.45) is -3.41. The van der Waals surface area contributed by atoms with Crippen molar-refractivity contribution in [3.8, 4) is 6.07 Å². The molecule has 1 heterocycles. The molecule has 0 aliphatic carbocycles. The Balaban J connectivity index is 2.06. The van der Waals surface area contributed by atoms with E-state index in [1.54, 1.807) is 4.90 Å². The normalized spacial score (nSPS) is 17.2. The first-order chi connectivity index (χ1) is 13.2. The lowest BCUT2D eigenvalue weighted by molar-refractivity contribution is -0.137. The molecule has 0 N–H and O–H groups in total. The number of alkyl halides is 3. The molecule has 29 heavy (non-hydrogen) atoms. The largest absolute Gasteiger partial charge is 0.444 e. The maximum absolute atomic E-state index is 12.9. The zero-order valence-corrected chi connectivity index (χ0v) is 17.6. The first-order valence-electron chi connectivity index (χ1n) is 9.54. The fourth-order valence-electron chi connectivity index (χ4n) is 3.32. The number of carbonyl (C=O) groups excluding carboxylic acids is 1. The Morgan fingerprint density at radius 3 is 2.34 bits per heavy atom. The SMILES string of the molecule is CN(Cc1ccc(C(F)(F)F)cc1C#N)C1(C)CCN(C(=O)OC(C)(C)C)CC1. The van der Waals surface area contributed by atoms with Crippen LogP contribution in [0.5, 0.6) is 0 Å². The molecule has 0 bridgehead atoms. The predicted molar refractivity (Wildman–Crippen MR) is 103 cm³/mol. The summed E-state index contributed by atoms with van der Waals surface area (Å²) < 4.78 is 44.1. The van der Waals surface area contributed by atoms with Crippen LogP contribution in [-0.4, -0.2) is 47.2 Å². The topological polar surface area (TPSA) is 56.6 Å². The van der Waals surface area contributed by atoms with E-state index < -0.39 is 17.3 Å². The number of amides is 1. The molecule has 1 aliphatic rings. The van der Waals surface area contributed by atoms with Gasteiger partial charge in [-0.15, -0.1) is 0 Å². The van der Waals surface area contributed by atoms with E-state index in [0.717, 1.165) is 12.1 Å². The smallest absolute Gasteiger partial charge is 0.416 e. The third kappa shape index (κ3) is 5.86. The molecule has 1 amide bonds. The van der Waals surface area contributed by atoms with Crippen LogP contribution in [0.3, 0.4) is 0 Å². The summed E-state index contributed by atoms with van der Waals surface area (Å²) >= 11 is 0. The van der Waals surface area contributed by atoms with Gasteiger partial charge in [0, 0.05) is 25.2 Å². The molecule has 1 aromatic rings. The van der Waals surface area contributed by atoms with Crippen LogP contribution in [0, 0.1) is 11.3 Å². The van der Waals surface area contributed by atoms with Crippen molar-refractivity contribution in [3.05, 3.63) is 34.9 Å². The van der Waals surface area contributed by atoms with Crippen molar-refractivity contribution in [3.63, 3.8) is 0 Å². The highest BCUT2D eigenvalue weighted by molar-refractivity contribution is 5.68. The summed E-state index contributed by atoms with van der Waals surface area (Å²) in [6.45, 7) is 8.96. The van der Waals surface area contributed by atoms with Gasteiger partial charge < -0.3 is 9.64 Å². The maximum atomic E-state index is 12.9. The van der Waals surface area contributed by atoms with Gasteiger partial charge in [-0.25, -0.2) is 4.79 Å². The molecule has 1 aromatic carbocycles. The summed E-state index contributed by atoms with van der Waals surface area (Å²) in [5, 5.41) is 9.29. The van der Waals surface area contributed by atoms with Gasteiger partial charge >= 0.3 is 12.3 Å². The van der Waals surface area contributed by atoms with Gasteiger partial charge in [-0.3, -0.25) is 4.90 Å². The van der Waals surface area contributed by atoms with Gasteiger partial charge in [0.25, 0.3) is 0 Å². The van der Waals surface area contributed by atoms with Crippen LogP contribution in [0.4, 0.5) is 18.0 Å². The maximum Gasteiger partial charge on any atom is 0.416 e. The number of nitrogens with zero attached hydrogens (tertiary/aromatic N) is 3. The predicted octanol–water partition coefficient (Wildman–Crippen LogP) is 4.80. The van der Waals surface area contributed by atoms with Crippen molar-refractivity contribution >= 4 is 6.09 Å². The van der Waals surface area contributed by atoms with Gasteiger partial charge in [-0.2, -0.15) is 18.4 Å². The Morgan fingerprint density at radius 2 is 1.86 bits per heavy atom. The molecule has 1 saturated heterocycles. The molecule has 2 rings (SSSR count). The summed E-state index contributed by atoms with van der Waals surface area (Å²) in [5.41, 5.74) is -1.03. The summed E-state index contributed by atoms with van der Waals surface area (Å²) in [6, 6.07) is 5.16. The number of benzene rings is 1. The van der Waals surface area contributed by atoms with E-state index >= 15 is 0 Å². The minimum atomic E-state index is -4.48. The van der Waals surface area contributed by atoms with Gasteiger partial charge in [0.1, 0.15) is 5.60 Å². The quantitative estimate of drug-likeness (QED) is 0.717. The fraction of sp³-hybridized carbons (Fsp3) is 0.619. The van der Waals surface area contributed by atoms with Gasteiger partial charge in [0.05, 0.1) is 17.2 Å². The van der Waals surface area contributed by atoms with Crippen LogP contribution in [0.1, 0.15) is 57.2 Å². The monoisotopic (exact) mass is 411 g/mol. The van der Waals surface area contributed by atoms with E-state index in [9.17, 15) is 23.2 Å². The lowest BCUT2D eigenvalue weighted by Gasteiger charge is -2.45. The highest BCUT2D eigenvalue weighted by Crippen LogP contribution is 2.33. The Hall–Kier alpha value is -2.27. The Kier molecular flexibility index (Phi) is 6.53. The van der Waals surface area contributed by atoms with Crippen LogP contribution in [-0.2, 0) is 17.5 Å². The van der Waals surface area contributed by atoms with Crippen LogP contribution in [0.2, 0.25) is 0 Å². The fourth-order valence-corrected chi connectivity index (χ4v) is 3.32. The lowest BCUT2D eigenvalue weighted by Crippen LogP contribution is -2.53. The second-order valence-electron chi connectivity index (χ2n) is 8.80. The molecule has 0 spiro atoms. The van der Waals surface area contributed by atoms with Gasteiger partial charge in [0.15, 0.2) is 0 Å². The van der Waals surface area contributed by atoms with Crippen LogP contribution >= 0.6 is 0 Å². The molecule has 0 atom stereocenters. The Bertz CT molecular complexity index is 786. The average molecular weight is 411 g/mol. The highest BCUT2D eigenvalue weighted by Gasteiger charge is 2.37. The molecule has 1 fully saturated rings. The number of hydrogen-bond donors (Lipinski definition) is 0. The van der Waals surface area contributed by atoms with E-state index in [4.69, 9.17) is 4.74 Å². The highest BCUT2D eigenvalue weighted by atomic mass is 19.4. The first-order valence-corrected chi connectivity index (χ1v) is 9.54. The molecule has 8 heteroatoms. The van der Waals surface area contributed by atoms with Crippen molar-refractivity contribution < 1.29 is 22.7 Å². The van der Waals surface area contributed by atoms with Gasteiger partial charge in [-0.05, 0) is 65.3 Å². The zero-order valence-electron chi connectivity index (χ0n) is 17.6. The van der Waals surface area contributed by atoms with E-state index in [1.807, 2.05) is 38.8 Å². The van der Waals surface area contributed by atoms with Crippen molar-refractivity contribution in [2.75, 3.05) is 20.1 Å². The van der Waals surface area contributed by atoms with Crippen molar-refractivity contribution in [1.29, 1.82) is 5.26 Å². The second-order valence-corrected chi connectivity index (χ2v) is 8.80. The standard InChI is InChI=1S/C21H28F3N3O2/c1-19(2,3)29-18(28)27-10-8-20(4,9-11-27)26(5)14-15-6-7-17(21(22,23)24)12-16(15)13-25/h6-7,12H,8-11,14H2,1-5H3. The van der Waals surface area contributed by atoms with Crippen LogP contribution < -0.4 is 0 Å². The number of rotatable bonds is 3. The lowest BCUT2D eigenvalue weighted by atomic mass is 9.87. The Labute approximate surface area is 170 Å². The number of ether oxygens (including phenoxy) is 1. The third-order valence-electron chi connectivity index (χ3n) is 5.38. The first kappa shape index (κ1) is 23.0. The average Bonchev–Trinajstić information content (AvgIpc) is 2.60. The number of likely N-dealkylation sites (tertiary alicyclic amines) is 1. The van der Waals surface area contributed by atoms with E-state index in [1.165, 1.54) is 6.07 Å². The molecule has 0 aromatic heterocycles. The molecule has 0 saturated carbocycles. The van der Waals surface area contributed by atoms with E-state index in [0.29, 0.717) is 38.0 Å². The van der Waals surface area contributed by atoms with Crippen molar-refractivity contribution in [2.45, 2.75) is 64.4 Å². The number of hydrogen-bond acceptors (Lipinski definition) is 4. The summed E-state index contributed by atoms with van der Waals surface area (Å²) in [7, 11) is 1.89. The van der Waals surface area contributed by atoms with E-state index in [-0.39, 0.29) is 17.2 Å². The van der Waals surface area contributed by atoms with Gasteiger partial charge in [0.2, 0.25) is 0 Å². The minimum Gasteiger partial charge on any atom is -0.444 e. The Morgan fingerprint density at radius 1 is 1.28 bits per heavy atom. The molecule has 160 valence electrons. The van der Waals surface area contributed by atoms with Crippen molar-refractivity contribution in [1.82, 2.24) is 9.80 Å². The molecular formula is C21H28F3N3O2. The molecule has 5 nitrogen and oxygen atoms in total. The number of piperidine rings is 1. The third-order valence-corrected chi connectivity index (χ3v) is 5.38. The van der Waals surface area contributed by atoms with Crippen LogP contribution in [0.25, 0.3) is 0 Å². The zero-order chi connectivity index (χ0) is 22.0. The molecule has 0 radical (unpaired) electrons. The molecule has 1 aliphatic heterocycles. The van der Waals surface area contributed by atoms with Crippen LogP contribution in [0.15, 0.2) is 18.2 Å². The minimum absolute atomic E-state index is 0.0291. The number of carbonyl (C=O) groups is 1.